The molecule has 0 spiro atoms. The van der Waals surface area contributed by atoms with Crippen LogP contribution in [0.2, 0.25) is 19.6 Å². The lowest BCUT2D eigenvalue weighted by molar-refractivity contribution is 0.580. The van der Waals surface area contributed by atoms with E-state index in [1.54, 1.807) is 12.1 Å². The summed E-state index contributed by atoms with van der Waals surface area (Å²) >= 11 is 0. The molecule has 0 aromatic heterocycles. The summed E-state index contributed by atoms with van der Waals surface area (Å²) in [5.41, 5.74) is 3.09. The first-order valence-corrected chi connectivity index (χ1v) is 12.7. The molecule has 0 aliphatic carbocycles. The summed E-state index contributed by atoms with van der Waals surface area (Å²) in [5, 5.41) is 3.68. The van der Waals surface area contributed by atoms with Crippen LogP contribution in [0.4, 0.5) is 14.5 Å². The van der Waals surface area contributed by atoms with E-state index in [1.807, 2.05) is 19.6 Å². The summed E-state index contributed by atoms with van der Waals surface area (Å²) in [6.45, 7) is 9.80. The van der Waals surface area contributed by atoms with Crippen molar-refractivity contribution in [1.29, 1.82) is 0 Å². The van der Waals surface area contributed by atoms with Crippen LogP contribution in [-0.2, 0) is 0 Å². The molecule has 1 aromatic carbocycles. The van der Waals surface area contributed by atoms with Gasteiger partial charge in [0.1, 0.15) is 11.6 Å². The summed E-state index contributed by atoms with van der Waals surface area (Å²) < 4.78 is 29.6. The van der Waals surface area contributed by atoms with Gasteiger partial charge in [-0.15, -0.1) is 0 Å². The van der Waals surface area contributed by atoms with Gasteiger partial charge < -0.3 is 10.2 Å². The first kappa shape index (κ1) is 18.3. The van der Waals surface area contributed by atoms with E-state index in [2.05, 4.69) is 29.3 Å². The smallest absolute Gasteiger partial charge is 0.127 e. The second kappa shape index (κ2) is 7.04. The summed E-state index contributed by atoms with van der Waals surface area (Å²) in [6, 6.07) is 3.26. The quantitative estimate of drug-likeness (QED) is 0.803. The van der Waals surface area contributed by atoms with Crippen LogP contribution < -0.4 is 15.4 Å². The number of nitrogens with one attached hydrogen (secondary N) is 1. The highest BCUT2D eigenvalue weighted by Crippen LogP contribution is 2.34. The third-order valence-electron chi connectivity index (χ3n) is 5.01. The van der Waals surface area contributed by atoms with Gasteiger partial charge in [-0.1, -0.05) is 45.1 Å². The minimum atomic E-state index is -2.07. The van der Waals surface area contributed by atoms with Gasteiger partial charge in [0, 0.05) is 36.1 Å². The molecule has 25 heavy (non-hydrogen) atoms. The van der Waals surface area contributed by atoms with Gasteiger partial charge in [-0.2, -0.15) is 0 Å². The van der Waals surface area contributed by atoms with Crippen molar-refractivity contribution >= 4 is 18.9 Å². The van der Waals surface area contributed by atoms with E-state index in [1.165, 1.54) is 11.3 Å². The van der Waals surface area contributed by atoms with Crippen LogP contribution in [0, 0.1) is 11.6 Å². The Morgan fingerprint density at radius 2 is 1.88 bits per heavy atom. The molecule has 1 atom stereocenters. The third kappa shape index (κ3) is 3.58. The lowest BCUT2D eigenvalue weighted by atomic mass is 9.95. The molecule has 2 heterocycles. The summed E-state index contributed by atoms with van der Waals surface area (Å²) in [4.78, 5) is 2.17. The molecule has 0 bridgehead atoms. The van der Waals surface area contributed by atoms with Crippen molar-refractivity contribution in [2.24, 2.45) is 0 Å². The first-order chi connectivity index (χ1) is 11.8. The fraction of sp³-hybridized carbons (Fsp3) is 0.500. The van der Waals surface area contributed by atoms with E-state index < -0.39 is 19.7 Å². The Balaban J connectivity index is 2.08. The van der Waals surface area contributed by atoms with E-state index in [-0.39, 0.29) is 6.04 Å². The lowest BCUT2D eigenvalue weighted by Crippen LogP contribution is -2.44. The van der Waals surface area contributed by atoms with Gasteiger partial charge >= 0.3 is 0 Å². The fourth-order valence-electron chi connectivity index (χ4n) is 3.92. The van der Waals surface area contributed by atoms with Crippen molar-refractivity contribution in [2.45, 2.75) is 51.9 Å². The zero-order valence-corrected chi connectivity index (χ0v) is 16.6. The van der Waals surface area contributed by atoms with E-state index in [0.717, 1.165) is 32.4 Å². The minimum absolute atomic E-state index is 0.165. The number of hydrogen-bond donors (Lipinski definition) is 1. The Hall–Kier alpha value is -1.46. The van der Waals surface area contributed by atoms with Crippen LogP contribution >= 0.6 is 0 Å². The maximum absolute atomic E-state index is 14.8. The van der Waals surface area contributed by atoms with E-state index in [4.69, 9.17) is 0 Å². The largest absolute Gasteiger partial charge is 0.338 e. The molecule has 2 aliphatic heterocycles. The van der Waals surface area contributed by atoms with Gasteiger partial charge in [-0.05, 0) is 24.1 Å². The molecule has 0 fully saturated rings. The molecule has 0 radical (unpaired) electrons. The Morgan fingerprint density at radius 3 is 2.48 bits per heavy atom. The van der Waals surface area contributed by atoms with Crippen molar-refractivity contribution < 1.29 is 8.78 Å². The number of hydrogen-bond acceptors (Lipinski definition) is 2. The van der Waals surface area contributed by atoms with Gasteiger partial charge in [0.2, 0.25) is 0 Å². The molecule has 0 amide bonds. The van der Waals surface area contributed by atoms with Crippen LogP contribution in [-0.4, -0.2) is 27.2 Å². The highest BCUT2D eigenvalue weighted by molar-refractivity contribution is 6.88. The number of rotatable bonds is 4. The van der Waals surface area contributed by atoms with Gasteiger partial charge in [-0.25, -0.2) is 8.78 Å². The summed E-state index contributed by atoms with van der Waals surface area (Å²) in [5.74, 6) is -0.787. The SMILES string of the molecule is CCC[C@@H]1C=CC2=C(CCNC2)N1c1cc(F)c([Si](C)(C)C)c(F)c1. The maximum Gasteiger partial charge on any atom is 0.127 e. The Kier molecular flexibility index (Phi) is 5.16. The summed E-state index contributed by atoms with van der Waals surface area (Å²) in [7, 11) is -2.07. The predicted octanol–water partition coefficient (Wildman–Crippen LogP) is 4.30. The standard InChI is InChI=1S/C20H28F2N2Si/c1-5-6-15-8-7-14-13-23-10-9-19(14)24(15)16-11-17(21)20(18(22)12-16)25(2,3)4/h7-8,11-12,15,23H,5-6,9-10,13H2,1-4H3/t15-/m1/s1. The molecule has 0 saturated carbocycles. The molecule has 2 nitrogen and oxygen atoms in total. The molecular formula is C20H28F2N2Si. The van der Waals surface area contributed by atoms with Crippen LogP contribution in [0.25, 0.3) is 0 Å². The average molecular weight is 363 g/mol. The molecule has 2 aliphatic rings. The van der Waals surface area contributed by atoms with Crippen molar-refractivity contribution in [3.63, 3.8) is 0 Å². The van der Waals surface area contributed by atoms with Gasteiger partial charge in [0.15, 0.2) is 0 Å². The average Bonchev–Trinajstić information content (AvgIpc) is 2.52. The van der Waals surface area contributed by atoms with Gasteiger partial charge in [-0.3, -0.25) is 0 Å². The summed E-state index contributed by atoms with van der Waals surface area (Å²) in [6.07, 6.45) is 7.25. The highest BCUT2D eigenvalue weighted by Gasteiger charge is 2.31. The first-order valence-electron chi connectivity index (χ1n) is 9.22. The van der Waals surface area contributed by atoms with Crippen LogP contribution in [0.1, 0.15) is 26.2 Å². The Labute approximate surface area is 150 Å². The second-order valence-electron chi connectivity index (χ2n) is 8.02. The number of nitrogens with zero attached hydrogens (tertiary/aromatic N) is 1. The molecule has 3 rings (SSSR count). The lowest BCUT2D eigenvalue weighted by Gasteiger charge is -2.40. The second-order valence-corrected chi connectivity index (χ2v) is 13.0. The molecule has 136 valence electrons. The zero-order chi connectivity index (χ0) is 18.2. The number of halogens is 2. The normalized spacial score (nSPS) is 20.9. The minimum Gasteiger partial charge on any atom is -0.338 e. The molecule has 1 N–H and O–H groups in total. The highest BCUT2D eigenvalue weighted by atomic mass is 28.3. The Morgan fingerprint density at radius 1 is 1.20 bits per heavy atom. The predicted molar refractivity (Wildman–Crippen MR) is 104 cm³/mol. The van der Waals surface area contributed by atoms with Crippen LogP contribution in [0.5, 0.6) is 0 Å². The number of benzene rings is 1. The molecule has 0 saturated heterocycles. The van der Waals surface area contributed by atoms with Crippen LogP contribution in [0.15, 0.2) is 35.6 Å². The maximum atomic E-state index is 14.8. The van der Waals surface area contributed by atoms with Crippen molar-refractivity contribution in [3.8, 4) is 0 Å². The number of anilines is 1. The van der Waals surface area contributed by atoms with E-state index in [9.17, 15) is 8.78 Å². The van der Waals surface area contributed by atoms with E-state index in [0.29, 0.717) is 10.9 Å². The van der Waals surface area contributed by atoms with Crippen molar-refractivity contribution in [1.82, 2.24) is 5.32 Å². The fourth-order valence-corrected chi connectivity index (χ4v) is 5.50. The van der Waals surface area contributed by atoms with Crippen molar-refractivity contribution in [2.75, 3.05) is 18.0 Å². The molecule has 1 aromatic rings. The zero-order valence-electron chi connectivity index (χ0n) is 15.6. The topological polar surface area (TPSA) is 15.3 Å². The van der Waals surface area contributed by atoms with Gasteiger partial charge in [0.25, 0.3) is 0 Å². The monoisotopic (exact) mass is 362 g/mol. The van der Waals surface area contributed by atoms with Crippen molar-refractivity contribution in [3.05, 3.63) is 47.2 Å². The van der Waals surface area contributed by atoms with Crippen LogP contribution in [0.3, 0.4) is 0 Å². The Bertz CT molecular complexity index is 696. The molecule has 5 heteroatoms. The van der Waals surface area contributed by atoms with Gasteiger partial charge in [0.05, 0.1) is 14.1 Å². The third-order valence-corrected chi connectivity index (χ3v) is 6.98. The van der Waals surface area contributed by atoms with E-state index >= 15 is 0 Å². The molecule has 0 unspecified atom stereocenters. The molecular weight excluding hydrogens is 334 g/mol.